The number of amides is 1. The van der Waals surface area contributed by atoms with Crippen LogP contribution in [0.2, 0.25) is 5.02 Å². The van der Waals surface area contributed by atoms with Gasteiger partial charge in [0.1, 0.15) is 11.8 Å². The fourth-order valence-electron chi connectivity index (χ4n) is 3.57. The van der Waals surface area contributed by atoms with Crippen molar-refractivity contribution >= 4 is 38.1 Å². The number of benzene rings is 1. The summed E-state index contributed by atoms with van der Waals surface area (Å²) in [6.07, 6.45) is 7.81. The Bertz CT molecular complexity index is 828. The fraction of sp³-hybridized carbons (Fsp3) is 0.500. The molecule has 0 spiro atoms. The molecule has 33 heavy (non-hydrogen) atoms. The Morgan fingerprint density at radius 1 is 1.15 bits per heavy atom. The molecule has 1 aromatic rings. The SMILES string of the molecule is C=C(Br)c1cc(Cl)ccc1C(N(/C=C\C)/C=C\C)N1CCN(C(=O)OC(C)(C)C)CC1.CC. The number of hydrogen-bond acceptors (Lipinski definition) is 4. The van der Waals surface area contributed by atoms with Gasteiger partial charge in [0.15, 0.2) is 0 Å². The van der Waals surface area contributed by atoms with Gasteiger partial charge >= 0.3 is 6.09 Å². The first-order valence-electron chi connectivity index (χ1n) is 11.5. The molecule has 1 aliphatic rings. The number of carbonyl (C=O) groups is 1. The molecule has 0 N–H and O–H groups in total. The summed E-state index contributed by atoms with van der Waals surface area (Å²) in [5.41, 5.74) is 1.55. The van der Waals surface area contributed by atoms with Crippen molar-refractivity contribution in [1.82, 2.24) is 14.7 Å². The van der Waals surface area contributed by atoms with E-state index in [-0.39, 0.29) is 12.3 Å². The molecule has 7 heteroatoms. The van der Waals surface area contributed by atoms with Crippen molar-refractivity contribution in [3.8, 4) is 0 Å². The highest BCUT2D eigenvalue weighted by molar-refractivity contribution is 9.15. The minimum absolute atomic E-state index is 0.0743. The van der Waals surface area contributed by atoms with Gasteiger partial charge in [0.25, 0.3) is 0 Å². The van der Waals surface area contributed by atoms with Gasteiger partial charge in [-0.25, -0.2) is 4.79 Å². The van der Waals surface area contributed by atoms with E-state index in [0.29, 0.717) is 31.2 Å². The molecule has 1 aliphatic heterocycles. The van der Waals surface area contributed by atoms with Crippen LogP contribution in [-0.4, -0.2) is 52.6 Å². The first-order chi connectivity index (χ1) is 15.6. The third-order valence-corrected chi connectivity index (χ3v) is 5.48. The fourth-order valence-corrected chi connectivity index (χ4v) is 4.08. The van der Waals surface area contributed by atoms with Crippen molar-refractivity contribution in [3.63, 3.8) is 0 Å². The predicted molar refractivity (Wildman–Crippen MR) is 144 cm³/mol. The molecule has 0 aliphatic carbocycles. The van der Waals surface area contributed by atoms with Gasteiger partial charge in [0.2, 0.25) is 0 Å². The molecule has 0 radical (unpaired) electrons. The van der Waals surface area contributed by atoms with E-state index in [4.69, 9.17) is 16.3 Å². The van der Waals surface area contributed by atoms with Gasteiger partial charge < -0.3 is 14.5 Å². The van der Waals surface area contributed by atoms with Crippen LogP contribution in [0.15, 0.2) is 49.3 Å². The average molecular weight is 541 g/mol. The van der Waals surface area contributed by atoms with Gasteiger partial charge in [0.05, 0.1) is 0 Å². The van der Waals surface area contributed by atoms with E-state index in [1.165, 1.54) is 0 Å². The first-order valence-corrected chi connectivity index (χ1v) is 12.6. The second kappa shape index (κ2) is 13.8. The molecule has 1 fully saturated rings. The molecular formula is C26H39BrClN3O2. The van der Waals surface area contributed by atoms with Gasteiger partial charge in [-0.05, 0) is 57.9 Å². The van der Waals surface area contributed by atoms with Gasteiger partial charge in [-0.3, -0.25) is 4.90 Å². The molecule has 1 heterocycles. The zero-order valence-electron chi connectivity index (χ0n) is 21.1. The van der Waals surface area contributed by atoms with E-state index < -0.39 is 5.60 Å². The molecule has 2 rings (SSSR count). The number of nitrogens with zero attached hydrogens (tertiary/aromatic N) is 3. The van der Waals surface area contributed by atoms with Crippen LogP contribution in [-0.2, 0) is 4.74 Å². The van der Waals surface area contributed by atoms with E-state index in [9.17, 15) is 4.79 Å². The quantitative estimate of drug-likeness (QED) is 0.371. The maximum absolute atomic E-state index is 12.5. The molecule has 0 aromatic heterocycles. The number of allylic oxidation sites excluding steroid dienone is 2. The highest BCUT2D eigenvalue weighted by Crippen LogP contribution is 2.35. The van der Waals surface area contributed by atoms with Crippen LogP contribution < -0.4 is 0 Å². The normalized spacial score (nSPS) is 15.8. The lowest BCUT2D eigenvalue weighted by Gasteiger charge is -2.43. The first kappa shape index (κ1) is 29.3. The molecule has 0 bridgehead atoms. The van der Waals surface area contributed by atoms with Crippen LogP contribution in [0.1, 0.15) is 65.8 Å². The van der Waals surface area contributed by atoms with E-state index >= 15 is 0 Å². The highest BCUT2D eigenvalue weighted by atomic mass is 79.9. The minimum Gasteiger partial charge on any atom is -0.444 e. The number of piperazine rings is 1. The van der Waals surface area contributed by atoms with Crippen molar-refractivity contribution in [2.75, 3.05) is 26.2 Å². The summed E-state index contributed by atoms with van der Waals surface area (Å²) in [5.74, 6) is 0. The molecule has 1 aromatic carbocycles. The number of hydrogen-bond donors (Lipinski definition) is 0. The summed E-state index contributed by atoms with van der Waals surface area (Å²) in [4.78, 5) is 18.8. The monoisotopic (exact) mass is 539 g/mol. The van der Waals surface area contributed by atoms with Gasteiger partial charge in [-0.1, -0.05) is 66.2 Å². The second-order valence-electron chi connectivity index (χ2n) is 8.43. The zero-order chi connectivity index (χ0) is 25.2. The van der Waals surface area contributed by atoms with Crippen molar-refractivity contribution in [3.05, 3.63) is 65.5 Å². The summed E-state index contributed by atoms with van der Waals surface area (Å²) in [7, 11) is 0. The van der Waals surface area contributed by atoms with Crippen molar-refractivity contribution in [2.24, 2.45) is 0 Å². The van der Waals surface area contributed by atoms with Crippen molar-refractivity contribution < 1.29 is 9.53 Å². The lowest BCUT2D eigenvalue weighted by atomic mass is 10.0. The van der Waals surface area contributed by atoms with E-state index in [2.05, 4.69) is 50.8 Å². The topological polar surface area (TPSA) is 36.0 Å². The van der Waals surface area contributed by atoms with Crippen LogP contribution in [0, 0.1) is 0 Å². The standard InChI is InChI=1S/C24H33BrClN3O2.C2H6/c1-7-11-27(12-8-2)22(20-10-9-19(26)17-21(20)18(3)25)28-13-15-29(16-14-28)23(30)31-24(4,5)6;1-2/h7-12,17,22H,3,13-16H2,1-2,4-6H3;1-2H3/b11-7-,12-8-;. The predicted octanol–water partition coefficient (Wildman–Crippen LogP) is 7.65. The molecule has 1 saturated heterocycles. The Balaban J connectivity index is 0.00000265. The van der Waals surface area contributed by atoms with Crippen molar-refractivity contribution in [2.45, 2.75) is 60.2 Å². The van der Waals surface area contributed by atoms with Crippen LogP contribution in [0.4, 0.5) is 4.79 Å². The lowest BCUT2D eigenvalue weighted by Crippen LogP contribution is -2.52. The van der Waals surface area contributed by atoms with Crippen molar-refractivity contribution in [1.29, 1.82) is 0 Å². The molecule has 5 nitrogen and oxygen atoms in total. The highest BCUT2D eigenvalue weighted by Gasteiger charge is 2.32. The third kappa shape index (κ3) is 8.84. The Morgan fingerprint density at radius 2 is 1.70 bits per heavy atom. The summed E-state index contributed by atoms with van der Waals surface area (Å²) < 4.78 is 6.33. The molecule has 1 atom stereocenters. The molecule has 184 valence electrons. The number of ether oxygens (including phenoxy) is 1. The third-order valence-electron chi connectivity index (χ3n) is 4.82. The van der Waals surface area contributed by atoms with E-state index in [1.807, 2.05) is 72.8 Å². The molecule has 1 unspecified atom stereocenters. The molecular weight excluding hydrogens is 502 g/mol. The zero-order valence-corrected chi connectivity index (χ0v) is 23.4. The Hall–Kier alpha value is -1.76. The summed E-state index contributed by atoms with van der Waals surface area (Å²) in [6.45, 7) is 20.4. The maximum atomic E-state index is 12.5. The molecule has 1 amide bonds. The van der Waals surface area contributed by atoms with Crippen LogP contribution in [0.3, 0.4) is 0 Å². The minimum atomic E-state index is -0.500. The Labute approximate surface area is 213 Å². The second-order valence-corrected chi connectivity index (χ2v) is 9.82. The summed E-state index contributed by atoms with van der Waals surface area (Å²) >= 11 is 9.83. The summed E-state index contributed by atoms with van der Waals surface area (Å²) in [6, 6.07) is 5.89. The number of carbonyl (C=O) groups excluding carboxylic acids is 1. The average Bonchev–Trinajstić information content (AvgIpc) is 2.75. The van der Waals surface area contributed by atoms with E-state index in [0.717, 1.165) is 15.6 Å². The van der Waals surface area contributed by atoms with Crippen LogP contribution >= 0.6 is 27.5 Å². The van der Waals surface area contributed by atoms with Gasteiger partial charge in [-0.15, -0.1) is 0 Å². The Morgan fingerprint density at radius 3 is 2.15 bits per heavy atom. The van der Waals surface area contributed by atoms with Gasteiger partial charge in [-0.2, -0.15) is 0 Å². The smallest absolute Gasteiger partial charge is 0.410 e. The van der Waals surface area contributed by atoms with E-state index in [1.54, 1.807) is 4.90 Å². The largest absolute Gasteiger partial charge is 0.444 e. The number of rotatable bonds is 6. The van der Waals surface area contributed by atoms with Gasteiger partial charge in [0, 0.05) is 48.1 Å². The number of halogens is 2. The summed E-state index contributed by atoms with van der Waals surface area (Å²) in [5, 5.41) is 0.663. The Kier molecular flexibility index (Phi) is 12.3. The maximum Gasteiger partial charge on any atom is 0.410 e. The van der Waals surface area contributed by atoms with Crippen LogP contribution in [0.25, 0.3) is 4.48 Å². The lowest BCUT2D eigenvalue weighted by molar-refractivity contribution is 0.00138. The molecule has 0 saturated carbocycles. The van der Waals surface area contributed by atoms with Crippen LogP contribution in [0.5, 0.6) is 0 Å².